The predicted octanol–water partition coefficient (Wildman–Crippen LogP) is 3.47. The van der Waals surface area contributed by atoms with Gasteiger partial charge in [0.15, 0.2) is 5.13 Å². The predicted molar refractivity (Wildman–Crippen MR) is 116 cm³/mol. The van der Waals surface area contributed by atoms with Crippen LogP contribution in [0, 0.1) is 5.92 Å². The largest absolute Gasteiger partial charge is 0.297 e. The first-order valence-electron chi connectivity index (χ1n) is 9.99. The number of thiazole rings is 1. The highest BCUT2D eigenvalue weighted by molar-refractivity contribution is 7.89. The molecule has 29 heavy (non-hydrogen) atoms. The van der Waals surface area contributed by atoms with Gasteiger partial charge in [0.2, 0.25) is 10.0 Å². The van der Waals surface area contributed by atoms with Crippen LogP contribution in [0.4, 0.5) is 5.13 Å². The lowest BCUT2D eigenvalue weighted by molar-refractivity contribution is 0.102. The zero-order chi connectivity index (χ0) is 20.4. The lowest BCUT2D eigenvalue weighted by atomic mass is 10.0. The second kappa shape index (κ2) is 8.81. The van der Waals surface area contributed by atoms with Crippen molar-refractivity contribution < 1.29 is 13.2 Å². The summed E-state index contributed by atoms with van der Waals surface area (Å²) in [4.78, 5) is 20.0. The molecule has 10 heteroatoms. The molecule has 2 saturated heterocycles. The monoisotopic (exact) mass is 454 g/mol. The van der Waals surface area contributed by atoms with E-state index < -0.39 is 15.9 Å². The van der Waals surface area contributed by atoms with Gasteiger partial charge in [-0.2, -0.15) is 4.31 Å². The van der Waals surface area contributed by atoms with Crippen LogP contribution in [0.3, 0.4) is 0 Å². The van der Waals surface area contributed by atoms with Crippen LogP contribution in [0.5, 0.6) is 0 Å². The number of anilines is 1. The fourth-order valence-corrected chi connectivity index (χ4v) is 7.49. The maximum Gasteiger partial charge on any atom is 0.268 e. The SMILES string of the molecule is CC1CCCN(Cc2csc(NC(=O)c3sccc3S(=O)(=O)N3CCCC3)n2)C1. The first-order valence-corrected chi connectivity index (χ1v) is 13.2. The Balaban J connectivity index is 1.43. The van der Waals surface area contributed by atoms with E-state index >= 15 is 0 Å². The second-order valence-corrected chi connectivity index (χ2v) is 11.5. The van der Waals surface area contributed by atoms with Gasteiger partial charge in [0, 0.05) is 31.6 Å². The van der Waals surface area contributed by atoms with Gasteiger partial charge in [-0.05, 0) is 49.6 Å². The van der Waals surface area contributed by atoms with Crippen molar-refractivity contribution >= 4 is 43.7 Å². The van der Waals surface area contributed by atoms with Crippen molar-refractivity contribution in [3.63, 3.8) is 0 Å². The normalized spacial score (nSPS) is 21.5. The molecule has 1 amide bonds. The van der Waals surface area contributed by atoms with Crippen molar-refractivity contribution in [1.29, 1.82) is 0 Å². The van der Waals surface area contributed by atoms with E-state index in [2.05, 4.69) is 22.1 Å². The number of amides is 1. The summed E-state index contributed by atoms with van der Waals surface area (Å²) in [5.74, 6) is 0.293. The number of carbonyl (C=O) groups excluding carboxylic acids is 1. The number of carbonyl (C=O) groups is 1. The van der Waals surface area contributed by atoms with Crippen LogP contribution in [0.2, 0.25) is 0 Å². The molecule has 158 valence electrons. The van der Waals surface area contributed by atoms with Crippen molar-refractivity contribution in [2.45, 2.75) is 44.0 Å². The minimum Gasteiger partial charge on any atom is -0.297 e. The van der Waals surface area contributed by atoms with Crippen molar-refractivity contribution in [2.75, 3.05) is 31.5 Å². The average Bonchev–Trinajstić information content (AvgIpc) is 3.44. The highest BCUT2D eigenvalue weighted by Crippen LogP contribution is 2.29. The number of likely N-dealkylation sites (tertiary alicyclic amines) is 1. The Morgan fingerprint density at radius 2 is 2.03 bits per heavy atom. The van der Waals surface area contributed by atoms with E-state index in [9.17, 15) is 13.2 Å². The molecule has 0 bridgehead atoms. The number of hydrogen-bond acceptors (Lipinski definition) is 7. The van der Waals surface area contributed by atoms with Gasteiger partial charge < -0.3 is 0 Å². The molecule has 2 fully saturated rings. The number of thiophene rings is 1. The van der Waals surface area contributed by atoms with Gasteiger partial charge in [-0.25, -0.2) is 13.4 Å². The molecule has 2 aliphatic heterocycles. The second-order valence-electron chi connectivity index (χ2n) is 7.81. The zero-order valence-corrected chi connectivity index (χ0v) is 18.9. The van der Waals surface area contributed by atoms with E-state index in [0.717, 1.165) is 49.5 Å². The van der Waals surface area contributed by atoms with Crippen LogP contribution in [-0.4, -0.2) is 54.7 Å². The first-order chi connectivity index (χ1) is 13.9. The molecule has 2 aromatic rings. The van der Waals surface area contributed by atoms with Gasteiger partial charge in [0.1, 0.15) is 9.77 Å². The number of hydrogen-bond donors (Lipinski definition) is 1. The van der Waals surface area contributed by atoms with Crippen molar-refractivity contribution in [1.82, 2.24) is 14.2 Å². The van der Waals surface area contributed by atoms with Gasteiger partial charge in [-0.1, -0.05) is 6.92 Å². The summed E-state index contributed by atoms with van der Waals surface area (Å²) in [7, 11) is -3.62. The Hall–Kier alpha value is -1.33. The summed E-state index contributed by atoms with van der Waals surface area (Å²) < 4.78 is 27.2. The molecule has 1 atom stereocenters. The molecule has 0 spiro atoms. The smallest absolute Gasteiger partial charge is 0.268 e. The standard InChI is InChI=1S/C19H26N4O3S3/c1-14-5-4-7-22(11-14)12-15-13-28-19(20-15)21-18(24)17-16(6-10-27-17)29(25,26)23-8-2-3-9-23/h6,10,13-14H,2-5,7-9,11-12H2,1H3,(H,20,21,24). The molecule has 4 rings (SSSR count). The molecule has 0 aliphatic carbocycles. The highest BCUT2D eigenvalue weighted by atomic mass is 32.2. The van der Waals surface area contributed by atoms with Crippen molar-refractivity contribution in [2.24, 2.45) is 5.92 Å². The topological polar surface area (TPSA) is 82.6 Å². The fraction of sp³-hybridized carbons (Fsp3) is 0.579. The van der Waals surface area contributed by atoms with Crippen LogP contribution >= 0.6 is 22.7 Å². The first kappa shape index (κ1) is 20.9. The number of nitrogens with one attached hydrogen (secondary N) is 1. The molecule has 2 aliphatic rings. The summed E-state index contributed by atoms with van der Waals surface area (Å²) in [6.45, 7) is 6.25. The zero-order valence-electron chi connectivity index (χ0n) is 16.5. The number of nitrogens with zero attached hydrogens (tertiary/aromatic N) is 3. The number of rotatable bonds is 6. The van der Waals surface area contributed by atoms with Crippen LogP contribution < -0.4 is 5.32 Å². The quantitative estimate of drug-likeness (QED) is 0.723. The third kappa shape index (κ3) is 4.72. The minimum absolute atomic E-state index is 0.0981. The number of aromatic nitrogens is 1. The third-order valence-electron chi connectivity index (χ3n) is 5.42. The Morgan fingerprint density at radius 3 is 2.79 bits per heavy atom. The van der Waals surface area contributed by atoms with E-state index in [-0.39, 0.29) is 9.77 Å². The van der Waals surface area contributed by atoms with Crippen LogP contribution in [-0.2, 0) is 16.6 Å². The van der Waals surface area contributed by atoms with E-state index in [1.807, 2.05) is 5.38 Å². The lowest BCUT2D eigenvalue weighted by Crippen LogP contribution is -2.33. The van der Waals surface area contributed by atoms with Crippen molar-refractivity contribution in [3.05, 3.63) is 27.4 Å². The molecule has 0 saturated carbocycles. The highest BCUT2D eigenvalue weighted by Gasteiger charge is 2.32. The van der Waals surface area contributed by atoms with Gasteiger partial charge in [0.25, 0.3) is 5.91 Å². The molecule has 1 unspecified atom stereocenters. The fourth-order valence-electron chi connectivity index (χ4n) is 3.98. The maximum absolute atomic E-state index is 12.9. The lowest BCUT2D eigenvalue weighted by Gasteiger charge is -2.30. The Labute approximate surface area is 179 Å². The third-order valence-corrected chi connectivity index (χ3v) is 9.21. The molecule has 2 aromatic heterocycles. The van der Waals surface area contributed by atoms with Gasteiger partial charge in [-0.15, -0.1) is 22.7 Å². The molecule has 7 nitrogen and oxygen atoms in total. The van der Waals surface area contributed by atoms with E-state index in [0.29, 0.717) is 24.1 Å². The average molecular weight is 455 g/mol. The van der Waals surface area contributed by atoms with Crippen molar-refractivity contribution in [3.8, 4) is 0 Å². The Kier molecular flexibility index (Phi) is 6.35. The molecule has 0 aromatic carbocycles. The molecule has 1 N–H and O–H groups in total. The minimum atomic E-state index is -3.62. The van der Waals surface area contributed by atoms with Gasteiger partial charge in [-0.3, -0.25) is 15.0 Å². The van der Waals surface area contributed by atoms with Gasteiger partial charge >= 0.3 is 0 Å². The van der Waals surface area contributed by atoms with E-state index in [4.69, 9.17) is 0 Å². The molecule has 4 heterocycles. The summed E-state index contributed by atoms with van der Waals surface area (Å²) in [6, 6.07) is 1.53. The number of sulfonamides is 1. The van der Waals surface area contributed by atoms with Crippen LogP contribution in [0.1, 0.15) is 48.0 Å². The molecule has 0 radical (unpaired) electrons. The summed E-state index contributed by atoms with van der Waals surface area (Å²) in [6.07, 6.45) is 4.21. The van der Waals surface area contributed by atoms with Gasteiger partial charge in [0.05, 0.1) is 5.69 Å². The van der Waals surface area contributed by atoms with E-state index in [1.54, 1.807) is 5.38 Å². The van der Waals surface area contributed by atoms with E-state index in [1.165, 1.54) is 34.6 Å². The Morgan fingerprint density at radius 1 is 1.24 bits per heavy atom. The maximum atomic E-state index is 12.9. The number of piperidine rings is 1. The molecular formula is C19H26N4O3S3. The van der Waals surface area contributed by atoms with Crippen LogP contribution in [0.15, 0.2) is 21.7 Å². The molecular weight excluding hydrogens is 428 g/mol. The van der Waals surface area contributed by atoms with Crippen LogP contribution in [0.25, 0.3) is 0 Å². The summed E-state index contributed by atoms with van der Waals surface area (Å²) in [5, 5.41) is 6.92. The Bertz CT molecular complexity index is 963. The summed E-state index contributed by atoms with van der Waals surface area (Å²) in [5.41, 5.74) is 0.940. The summed E-state index contributed by atoms with van der Waals surface area (Å²) >= 11 is 2.53.